The van der Waals surface area contributed by atoms with Gasteiger partial charge in [-0.15, -0.1) is 0 Å². The normalized spacial score (nSPS) is 51.6. The maximum absolute atomic E-state index is 10.1. The summed E-state index contributed by atoms with van der Waals surface area (Å²) in [4.78, 5) is 0. The van der Waals surface area contributed by atoms with Crippen LogP contribution >= 0.6 is 0 Å². The average molecular weight is 384 g/mol. The summed E-state index contributed by atoms with van der Waals surface area (Å²) in [6.45, 7) is -1.38. The molecule has 1 unspecified atom stereocenters. The minimum atomic E-state index is -2.20. The highest BCUT2D eigenvalue weighted by Gasteiger charge is 2.58. The van der Waals surface area contributed by atoms with E-state index in [1.165, 1.54) is 0 Å². The van der Waals surface area contributed by atoms with Crippen LogP contribution in [-0.4, -0.2) is 123 Å². The third-order valence-electron chi connectivity index (χ3n) is 4.64. The molecular formula is C14H24O12. The van der Waals surface area contributed by atoms with Crippen molar-refractivity contribution >= 4 is 0 Å². The predicted molar refractivity (Wildman–Crippen MR) is 77.2 cm³/mol. The first-order valence-corrected chi connectivity index (χ1v) is 8.19. The first kappa shape index (κ1) is 20.3. The van der Waals surface area contributed by atoms with Gasteiger partial charge in [-0.2, -0.15) is 0 Å². The highest BCUT2D eigenvalue weighted by atomic mass is 16.8. The molecule has 3 heterocycles. The second kappa shape index (κ2) is 7.87. The highest BCUT2D eigenvalue weighted by Crippen LogP contribution is 2.36. The van der Waals surface area contributed by atoms with Gasteiger partial charge in [0.15, 0.2) is 12.6 Å². The summed E-state index contributed by atoms with van der Waals surface area (Å²) < 4.78 is 26.1. The van der Waals surface area contributed by atoms with E-state index in [1.807, 2.05) is 0 Å². The fourth-order valence-electron chi connectivity index (χ4n) is 2.96. The molecule has 3 fully saturated rings. The van der Waals surface area contributed by atoms with Gasteiger partial charge in [0.05, 0.1) is 13.2 Å². The molecule has 0 bridgehead atoms. The molecule has 152 valence electrons. The average Bonchev–Trinajstić information content (AvgIpc) is 3.44. The summed E-state index contributed by atoms with van der Waals surface area (Å²) in [6, 6.07) is 0. The topological polar surface area (TPSA) is 191 Å². The van der Waals surface area contributed by atoms with Gasteiger partial charge in [0.25, 0.3) is 0 Å². The number of epoxide rings is 1. The van der Waals surface area contributed by atoms with Crippen LogP contribution in [0.15, 0.2) is 0 Å². The quantitative estimate of drug-likeness (QED) is 0.207. The predicted octanol–water partition coefficient (Wildman–Crippen LogP) is -5.01. The van der Waals surface area contributed by atoms with Crippen LogP contribution in [0.3, 0.4) is 0 Å². The first-order valence-electron chi connectivity index (χ1n) is 8.19. The standard InChI is InChI=1S/C14H24O12/c15-1-5-9(18)12(21)14(4-16,25-5)26-13-11(20)10(19)8(17)6(24-13)2-22-7-3-23-7/h5-13,15-21H,1-4H2/t5-,6-,7?,8-,9-,10+,11-,12+,13-,14+/m1/s1. The second-order valence-electron chi connectivity index (χ2n) is 6.47. The van der Waals surface area contributed by atoms with E-state index in [4.69, 9.17) is 23.7 Å². The second-order valence-corrected chi connectivity index (χ2v) is 6.47. The Balaban J connectivity index is 1.71. The zero-order valence-corrected chi connectivity index (χ0v) is 13.7. The maximum Gasteiger partial charge on any atom is 0.224 e. The van der Waals surface area contributed by atoms with E-state index < -0.39 is 74.3 Å². The Morgan fingerprint density at radius 3 is 2.15 bits per heavy atom. The molecule has 3 rings (SSSR count). The minimum Gasteiger partial charge on any atom is -0.394 e. The van der Waals surface area contributed by atoms with Crippen LogP contribution < -0.4 is 0 Å². The van der Waals surface area contributed by atoms with Crippen molar-refractivity contribution in [1.82, 2.24) is 0 Å². The number of rotatable bonds is 7. The molecule has 3 saturated heterocycles. The molecule has 7 N–H and O–H groups in total. The first-order chi connectivity index (χ1) is 12.3. The van der Waals surface area contributed by atoms with E-state index in [1.54, 1.807) is 0 Å². The van der Waals surface area contributed by atoms with Gasteiger partial charge in [-0.3, -0.25) is 0 Å². The third-order valence-corrected chi connectivity index (χ3v) is 4.64. The molecule has 0 aromatic heterocycles. The van der Waals surface area contributed by atoms with Crippen LogP contribution in [-0.2, 0) is 23.7 Å². The Hall–Kier alpha value is -0.480. The zero-order valence-electron chi connectivity index (χ0n) is 13.7. The van der Waals surface area contributed by atoms with E-state index in [2.05, 4.69) is 0 Å². The number of aliphatic hydroxyl groups is 7. The summed E-state index contributed by atoms with van der Waals surface area (Å²) >= 11 is 0. The van der Waals surface area contributed by atoms with Gasteiger partial charge in [0, 0.05) is 0 Å². The lowest BCUT2D eigenvalue weighted by Crippen LogP contribution is -2.62. The third kappa shape index (κ3) is 3.73. The summed E-state index contributed by atoms with van der Waals surface area (Å²) in [5.41, 5.74) is 0. The molecule has 0 aliphatic carbocycles. The van der Waals surface area contributed by atoms with Crippen molar-refractivity contribution in [3.8, 4) is 0 Å². The van der Waals surface area contributed by atoms with Gasteiger partial charge in [-0.05, 0) is 0 Å². The molecule has 0 aromatic rings. The Morgan fingerprint density at radius 1 is 0.923 bits per heavy atom. The van der Waals surface area contributed by atoms with Crippen LogP contribution in [0.4, 0.5) is 0 Å². The fraction of sp³-hybridized carbons (Fsp3) is 1.00. The molecule has 12 heteroatoms. The molecule has 0 radical (unpaired) electrons. The van der Waals surface area contributed by atoms with Gasteiger partial charge >= 0.3 is 0 Å². The lowest BCUT2D eigenvalue weighted by molar-refractivity contribution is -0.384. The van der Waals surface area contributed by atoms with Gasteiger partial charge in [-0.25, -0.2) is 0 Å². The molecule has 0 aromatic carbocycles. The van der Waals surface area contributed by atoms with E-state index in [9.17, 15) is 35.7 Å². The van der Waals surface area contributed by atoms with Crippen LogP contribution in [0.1, 0.15) is 0 Å². The van der Waals surface area contributed by atoms with Crippen molar-refractivity contribution in [3.63, 3.8) is 0 Å². The Morgan fingerprint density at radius 2 is 1.62 bits per heavy atom. The molecule has 0 amide bonds. The molecular weight excluding hydrogens is 360 g/mol. The molecule has 0 saturated carbocycles. The van der Waals surface area contributed by atoms with Crippen molar-refractivity contribution in [2.24, 2.45) is 0 Å². The number of hydrogen-bond donors (Lipinski definition) is 7. The van der Waals surface area contributed by atoms with Crippen molar-refractivity contribution in [2.45, 2.75) is 61.1 Å². The largest absolute Gasteiger partial charge is 0.394 e. The Labute approximate surface area is 148 Å². The minimum absolute atomic E-state index is 0.174. The van der Waals surface area contributed by atoms with Crippen LogP contribution in [0, 0.1) is 0 Å². The van der Waals surface area contributed by atoms with Crippen LogP contribution in [0.2, 0.25) is 0 Å². The molecule has 0 spiro atoms. The fourth-order valence-corrected chi connectivity index (χ4v) is 2.96. The van der Waals surface area contributed by atoms with Crippen LogP contribution in [0.25, 0.3) is 0 Å². The van der Waals surface area contributed by atoms with E-state index in [0.717, 1.165) is 0 Å². The summed E-state index contributed by atoms with van der Waals surface area (Å²) in [5, 5.41) is 68.9. The highest BCUT2D eigenvalue weighted by molar-refractivity contribution is 4.98. The van der Waals surface area contributed by atoms with Gasteiger partial charge in [0.1, 0.15) is 55.9 Å². The lowest BCUT2D eigenvalue weighted by Gasteiger charge is -2.43. The van der Waals surface area contributed by atoms with Crippen molar-refractivity contribution in [1.29, 1.82) is 0 Å². The van der Waals surface area contributed by atoms with Gasteiger partial charge in [-0.1, -0.05) is 0 Å². The number of hydrogen-bond acceptors (Lipinski definition) is 12. The molecule has 3 aliphatic heterocycles. The summed E-state index contributed by atoms with van der Waals surface area (Å²) in [7, 11) is 0. The lowest BCUT2D eigenvalue weighted by atomic mass is 9.99. The van der Waals surface area contributed by atoms with E-state index >= 15 is 0 Å². The van der Waals surface area contributed by atoms with E-state index in [-0.39, 0.29) is 6.61 Å². The summed E-state index contributed by atoms with van der Waals surface area (Å²) in [5.74, 6) is -2.20. The SMILES string of the molecule is OC[C@H]1O[C@@](CO)(O[C@H]2O[C@H](COC3CO3)[C@@H](O)[C@H](O)[C@H]2O)[C@@H](O)[C@@H]1O. The van der Waals surface area contributed by atoms with Crippen LogP contribution in [0.5, 0.6) is 0 Å². The number of ether oxygens (including phenoxy) is 5. The van der Waals surface area contributed by atoms with Crippen molar-refractivity contribution < 1.29 is 59.4 Å². The molecule has 26 heavy (non-hydrogen) atoms. The monoisotopic (exact) mass is 384 g/mol. The molecule has 12 nitrogen and oxygen atoms in total. The Kier molecular flexibility index (Phi) is 6.13. The number of aliphatic hydroxyl groups excluding tert-OH is 7. The Bertz CT molecular complexity index is 475. The summed E-state index contributed by atoms with van der Waals surface area (Å²) in [6.07, 6.45) is -12.6. The molecule has 3 aliphatic rings. The van der Waals surface area contributed by atoms with Crippen molar-refractivity contribution in [2.75, 3.05) is 26.4 Å². The van der Waals surface area contributed by atoms with Gasteiger partial charge in [0.2, 0.25) is 5.79 Å². The smallest absolute Gasteiger partial charge is 0.224 e. The van der Waals surface area contributed by atoms with Gasteiger partial charge < -0.3 is 59.4 Å². The van der Waals surface area contributed by atoms with E-state index in [0.29, 0.717) is 6.61 Å². The maximum atomic E-state index is 10.1. The van der Waals surface area contributed by atoms with Crippen molar-refractivity contribution in [3.05, 3.63) is 0 Å². The molecule has 10 atom stereocenters. The zero-order chi connectivity index (χ0) is 19.1.